The predicted molar refractivity (Wildman–Crippen MR) is 86.2 cm³/mol. The Morgan fingerprint density at radius 3 is 2.35 bits per heavy atom. The highest BCUT2D eigenvalue weighted by Crippen LogP contribution is 2.15. The zero-order valence-electron chi connectivity index (χ0n) is 12.8. The molecule has 0 spiro atoms. The fourth-order valence-electron chi connectivity index (χ4n) is 2.17. The van der Waals surface area contributed by atoms with Crippen LogP contribution in [0.4, 0.5) is 5.69 Å². The number of nitro groups is 1. The first-order valence-corrected chi connectivity index (χ1v) is 7.18. The second kappa shape index (κ2) is 8.05. The molecular formula is C17H18N2O4. The molecule has 2 rings (SSSR count). The van der Waals surface area contributed by atoms with Gasteiger partial charge in [0.25, 0.3) is 11.6 Å². The normalized spacial score (nSPS) is 10.3. The summed E-state index contributed by atoms with van der Waals surface area (Å²) in [5.74, 6) is -0.180. The van der Waals surface area contributed by atoms with E-state index in [-0.39, 0.29) is 11.6 Å². The number of rotatable bonds is 7. The summed E-state index contributed by atoms with van der Waals surface area (Å²) in [5, 5.41) is 10.7. The van der Waals surface area contributed by atoms with Gasteiger partial charge in [0.1, 0.15) is 0 Å². The van der Waals surface area contributed by atoms with Crippen LogP contribution in [0.3, 0.4) is 0 Å². The number of hydrogen-bond acceptors (Lipinski definition) is 4. The Hall–Kier alpha value is -2.73. The van der Waals surface area contributed by atoms with Gasteiger partial charge in [-0.05, 0) is 17.7 Å². The average molecular weight is 314 g/mol. The van der Waals surface area contributed by atoms with Crippen LogP contribution in [-0.4, -0.2) is 36.0 Å². The van der Waals surface area contributed by atoms with E-state index in [4.69, 9.17) is 4.74 Å². The second-order valence-electron chi connectivity index (χ2n) is 5.01. The van der Waals surface area contributed by atoms with Gasteiger partial charge in [-0.3, -0.25) is 14.9 Å². The molecule has 0 aromatic heterocycles. The zero-order chi connectivity index (χ0) is 16.7. The molecule has 23 heavy (non-hydrogen) atoms. The van der Waals surface area contributed by atoms with E-state index in [9.17, 15) is 14.9 Å². The van der Waals surface area contributed by atoms with Crippen molar-refractivity contribution in [3.05, 3.63) is 75.8 Å². The molecule has 0 N–H and O–H groups in total. The van der Waals surface area contributed by atoms with Crippen molar-refractivity contribution >= 4 is 11.6 Å². The molecule has 6 heteroatoms. The lowest BCUT2D eigenvalue weighted by molar-refractivity contribution is -0.384. The molecule has 0 atom stereocenters. The molecule has 1 amide bonds. The molecule has 120 valence electrons. The van der Waals surface area contributed by atoms with Crippen LogP contribution >= 0.6 is 0 Å². The number of benzene rings is 2. The third kappa shape index (κ3) is 4.62. The Bertz CT molecular complexity index is 656. The number of carbonyl (C=O) groups excluding carboxylic acids is 1. The van der Waals surface area contributed by atoms with E-state index < -0.39 is 4.92 Å². The van der Waals surface area contributed by atoms with Crippen LogP contribution < -0.4 is 0 Å². The summed E-state index contributed by atoms with van der Waals surface area (Å²) in [6.45, 7) is 1.33. The van der Waals surface area contributed by atoms with Gasteiger partial charge >= 0.3 is 0 Å². The van der Waals surface area contributed by atoms with Gasteiger partial charge in [0.15, 0.2) is 0 Å². The maximum absolute atomic E-state index is 12.6. The maximum atomic E-state index is 12.6. The van der Waals surface area contributed by atoms with Gasteiger partial charge < -0.3 is 9.64 Å². The molecule has 2 aromatic carbocycles. The lowest BCUT2D eigenvalue weighted by atomic mass is 10.1. The highest BCUT2D eigenvalue weighted by Gasteiger charge is 2.17. The molecule has 0 aliphatic carbocycles. The largest absolute Gasteiger partial charge is 0.383 e. The first-order chi connectivity index (χ1) is 11.1. The molecule has 0 saturated heterocycles. The third-order valence-corrected chi connectivity index (χ3v) is 3.39. The number of amides is 1. The van der Waals surface area contributed by atoms with Crippen LogP contribution in [0.1, 0.15) is 15.9 Å². The number of nitrogens with zero attached hydrogens (tertiary/aromatic N) is 2. The van der Waals surface area contributed by atoms with Crippen molar-refractivity contribution in [1.29, 1.82) is 0 Å². The minimum Gasteiger partial charge on any atom is -0.383 e. The molecule has 0 unspecified atom stereocenters. The topological polar surface area (TPSA) is 72.7 Å². The summed E-state index contributed by atoms with van der Waals surface area (Å²) in [6.07, 6.45) is 0. The Labute approximate surface area is 134 Å². The van der Waals surface area contributed by atoms with Crippen molar-refractivity contribution in [2.45, 2.75) is 6.54 Å². The number of carbonyl (C=O) groups is 1. The molecule has 0 bridgehead atoms. The Morgan fingerprint density at radius 2 is 1.78 bits per heavy atom. The van der Waals surface area contributed by atoms with Gasteiger partial charge in [-0.2, -0.15) is 0 Å². The van der Waals surface area contributed by atoms with Gasteiger partial charge in [0.05, 0.1) is 11.5 Å². The van der Waals surface area contributed by atoms with Crippen LogP contribution in [0.2, 0.25) is 0 Å². The monoisotopic (exact) mass is 314 g/mol. The first kappa shape index (κ1) is 16.6. The number of ether oxygens (including phenoxy) is 1. The van der Waals surface area contributed by atoms with Crippen LogP contribution in [0, 0.1) is 10.1 Å². The van der Waals surface area contributed by atoms with Gasteiger partial charge in [-0.15, -0.1) is 0 Å². The molecule has 0 saturated carbocycles. The highest BCUT2D eigenvalue weighted by molar-refractivity contribution is 5.94. The number of hydrogen-bond donors (Lipinski definition) is 0. The molecule has 0 aliphatic rings. The third-order valence-electron chi connectivity index (χ3n) is 3.39. The van der Waals surface area contributed by atoms with Gasteiger partial charge in [0, 0.05) is 37.9 Å². The van der Waals surface area contributed by atoms with Gasteiger partial charge in [-0.1, -0.05) is 30.3 Å². The van der Waals surface area contributed by atoms with Crippen molar-refractivity contribution in [1.82, 2.24) is 4.90 Å². The smallest absolute Gasteiger partial charge is 0.269 e. The van der Waals surface area contributed by atoms with Crippen molar-refractivity contribution < 1.29 is 14.5 Å². The molecule has 0 fully saturated rings. The second-order valence-corrected chi connectivity index (χ2v) is 5.01. The summed E-state index contributed by atoms with van der Waals surface area (Å²) in [7, 11) is 1.58. The van der Waals surface area contributed by atoms with Crippen molar-refractivity contribution in [2.24, 2.45) is 0 Å². The lowest BCUT2D eigenvalue weighted by Crippen LogP contribution is -2.33. The summed E-state index contributed by atoms with van der Waals surface area (Å²) in [5.41, 5.74) is 1.40. The summed E-state index contributed by atoms with van der Waals surface area (Å²) >= 11 is 0. The SMILES string of the molecule is COCCN(Cc1ccccc1)C(=O)c1ccc([N+](=O)[O-])cc1. The zero-order valence-corrected chi connectivity index (χ0v) is 12.8. The standard InChI is InChI=1S/C17H18N2O4/c1-23-12-11-18(13-14-5-3-2-4-6-14)17(20)15-7-9-16(10-8-15)19(21)22/h2-10H,11-13H2,1H3. The first-order valence-electron chi connectivity index (χ1n) is 7.18. The van der Waals surface area contributed by atoms with E-state index >= 15 is 0 Å². The van der Waals surface area contributed by atoms with E-state index in [2.05, 4.69) is 0 Å². The van der Waals surface area contributed by atoms with E-state index in [0.717, 1.165) is 5.56 Å². The highest BCUT2D eigenvalue weighted by atomic mass is 16.6. The molecular weight excluding hydrogens is 296 g/mol. The number of methoxy groups -OCH3 is 1. The minimum absolute atomic E-state index is 0.0342. The Balaban J connectivity index is 2.16. The average Bonchev–Trinajstić information content (AvgIpc) is 2.59. The van der Waals surface area contributed by atoms with Crippen LogP contribution in [0.25, 0.3) is 0 Å². The number of non-ortho nitro benzene ring substituents is 1. The summed E-state index contributed by atoms with van der Waals surface area (Å²) in [4.78, 5) is 24.5. The molecule has 0 heterocycles. The van der Waals surface area contributed by atoms with Crippen LogP contribution in [-0.2, 0) is 11.3 Å². The minimum atomic E-state index is -0.485. The van der Waals surface area contributed by atoms with E-state index in [1.54, 1.807) is 12.0 Å². The number of nitro benzene ring substituents is 1. The summed E-state index contributed by atoms with van der Waals surface area (Å²) < 4.78 is 5.06. The quantitative estimate of drug-likeness (QED) is 0.582. The maximum Gasteiger partial charge on any atom is 0.269 e. The van der Waals surface area contributed by atoms with E-state index in [0.29, 0.717) is 25.3 Å². The van der Waals surface area contributed by atoms with Crippen LogP contribution in [0.5, 0.6) is 0 Å². The van der Waals surface area contributed by atoms with Gasteiger partial charge in [-0.25, -0.2) is 0 Å². The molecule has 0 radical (unpaired) electrons. The predicted octanol–water partition coefficient (Wildman–Crippen LogP) is 2.88. The van der Waals surface area contributed by atoms with Crippen molar-refractivity contribution in [2.75, 3.05) is 20.3 Å². The molecule has 0 aliphatic heterocycles. The van der Waals surface area contributed by atoms with E-state index in [1.165, 1.54) is 24.3 Å². The van der Waals surface area contributed by atoms with Crippen molar-refractivity contribution in [3.8, 4) is 0 Å². The summed E-state index contributed by atoms with van der Waals surface area (Å²) in [6, 6.07) is 15.3. The van der Waals surface area contributed by atoms with Gasteiger partial charge in [0.2, 0.25) is 0 Å². The fraction of sp³-hybridized carbons (Fsp3) is 0.235. The molecule has 2 aromatic rings. The Morgan fingerprint density at radius 1 is 1.13 bits per heavy atom. The fourth-order valence-corrected chi connectivity index (χ4v) is 2.17. The molecule has 6 nitrogen and oxygen atoms in total. The van der Waals surface area contributed by atoms with Crippen LogP contribution in [0.15, 0.2) is 54.6 Å². The lowest BCUT2D eigenvalue weighted by Gasteiger charge is -2.22. The Kier molecular flexibility index (Phi) is 5.82. The van der Waals surface area contributed by atoms with Crippen molar-refractivity contribution in [3.63, 3.8) is 0 Å². The van der Waals surface area contributed by atoms with E-state index in [1.807, 2.05) is 30.3 Å².